The highest BCUT2D eigenvalue weighted by Crippen LogP contribution is 2.31. The number of carbonyl (C=O) groups is 6. The lowest BCUT2D eigenvalue weighted by Crippen LogP contribution is -2.60. The Hall–Kier alpha value is -5.46. The molecular formula is C41H51N7O6. The molecule has 54 heavy (non-hydrogen) atoms. The summed E-state index contributed by atoms with van der Waals surface area (Å²) in [5.74, 6) is -4.84. The van der Waals surface area contributed by atoms with E-state index in [2.05, 4.69) is 31.2 Å². The van der Waals surface area contributed by atoms with Crippen molar-refractivity contribution >= 4 is 35.3 Å². The Morgan fingerprint density at radius 2 is 1.46 bits per heavy atom. The van der Waals surface area contributed by atoms with E-state index in [4.69, 9.17) is 0 Å². The number of hydrogen-bond donors (Lipinski definition) is 4. The van der Waals surface area contributed by atoms with E-state index in [-0.39, 0.29) is 30.6 Å². The molecule has 5 rings (SSSR count). The molecule has 0 radical (unpaired) electrons. The summed E-state index contributed by atoms with van der Waals surface area (Å²) in [5.41, 5.74) is 1.55. The topological polar surface area (TPSA) is 180 Å². The molecule has 2 heterocycles. The third-order valence-electron chi connectivity index (χ3n) is 10.2. The van der Waals surface area contributed by atoms with Crippen LogP contribution in [-0.4, -0.2) is 86.9 Å². The second-order valence-electron chi connectivity index (χ2n) is 14.5. The smallest absolute Gasteiger partial charge is 0.289 e. The van der Waals surface area contributed by atoms with Crippen molar-refractivity contribution in [3.8, 4) is 0 Å². The highest BCUT2D eigenvalue weighted by atomic mass is 16.2. The number of Topliss-reactive ketones (excluding diaryl/α,β-unsaturated/α-hetero) is 1. The van der Waals surface area contributed by atoms with Gasteiger partial charge in [-0.2, -0.15) is 0 Å². The third kappa shape index (κ3) is 9.74. The molecule has 1 aliphatic carbocycles. The standard InChI is InChI=1S/C41H51N7O6/c1-5-13-30(36(49)40(53)44-29-18-19-29)45-39(52)35-26(6-2)20-23-48(35)41(54)33(25(3)4)46-38(51)34(47-37(50)31-24-42-21-22-43-31)32(27-14-9-7-10-15-27)28-16-11-8-12-17-28/h7-12,14-17,21-22,24-26,29-30,32-35H,5-6,13,18-20,23H2,1-4H3,(H,44,53)(H,45,52)(H,46,51)(H,47,50)/t26-,30?,33-,34-,35-/m0/s1. The Bertz CT molecular complexity index is 1730. The summed E-state index contributed by atoms with van der Waals surface area (Å²) >= 11 is 0. The van der Waals surface area contributed by atoms with Crippen LogP contribution >= 0.6 is 0 Å². The molecule has 1 aromatic heterocycles. The number of hydrogen-bond acceptors (Lipinski definition) is 8. The van der Waals surface area contributed by atoms with Crippen LogP contribution in [0.15, 0.2) is 79.3 Å². The van der Waals surface area contributed by atoms with Gasteiger partial charge >= 0.3 is 0 Å². The number of nitrogens with one attached hydrogen (secondary N) is 4. The Kier molecular flexibility index (Phi) is 13.6. The summed E-state index contributed by atoms with van der Waals surface area (Å²) in [7, 11) is 0. The van der Waals surface area contributed by atoms with Gasteiger partial charge in [-0.05, 0) is 48.6 Å². The molecule has 0 bridgehead atoms. The van der Waals surface area contributed by atoms with Gasteiger partial charge in [0.25, 0.3) is 11.8 Å². The predicted molar refractivity (Wildman–Crippen MR) is 202 cm³/mol. The lowest BCUT2D eigenvalue weighted by atomic mass is 9.84. The van der Waals surface area contributed by atoms with Crippen molar-refractivity contribution in [1.82, 2.24) is 36.1 Å². The summed E-state index contributed by atoms with van der Waals surface area (Å²) in [6.45, 7) is 7.69. The van der Waals surface area contributed by atoms with Crippen molar-refractivity contribution < 1.29 is 28.8 Å². The predicted octanol–water partition coefficient (Wildman–Crippen LogP) is 3.31. The molecule has 13 nitrogen and oxygen atoms in total. The zero-order valence-corrected chi connectivity index (χ0v) is 31.4. The third-order valence-corrected chi connectivity index (χ3v) is 10.2. The highest BCUT2D eigenvalue weighted by molar-refractivity contribution is 6.38. The van der Waals surface area contributed by atoms with Gasteiger partial charge < -0.3 is 26.2 Å². The molecular weight excluding hydrogens is 686 g/mol. The van der Waals surface area contributed by atoms with Crippen LogP contribution in [0, 0.1) is 11.8 Å². The largest absolute Gasteiger partial charge is 0.347 e. The van der Waals surface area contributed by atoms with E-state index in [0.29, 0.717) is 19.3 Å². The van der Waals surface area contributed by atoms with Gasteiger partial charge in [0, 0.05) is 30.9 Å². The molecule has 286 valence electrons. The minimum absolute atomic E-state index is 0.00869. The average Bonchev–Trinajstić information content (AvgIpc) is 3.90. The molecule has 2 fully saturated rings. The molecule has 13 heteroatoms. The molecule has 0 spiro atoms. The van der Waals surface area contributed by atoms with Crippen molar-refractivity contribution in [1.29, 1.82) is 0 Å². The first-order chi connectivity index (χ1) is 26.0. The van der Waals surface area contributed by atoms with Crippen molar-refractivity contribution in [2.75, 3.05) is 6.54 Å². The van der Waals surface area contributed by atoms with Crippen molar-refractivity contribution in [2.45, 2.75) is 102 Å². The first kappa shape index (κ1) is 39.7. The number of amides is 5. The fourth-order valence-corrected chi connectivity index (χ4v) is 7.11. The lowest BCUT2D eigenvalue weighted by molar-refractivity contribution is -0.145. The van der Waals surface area contributed by atoms with Crippen LogP contribution in [0.2, 0.25) is 0 Å². The number of benzene rings is 2. The van der Waals surface area contributed by atoms with Crippen molar-refractivity contribution in [3.05, 3.63) is 96.1 Å². The van der Waals surface area contributed by atoms with Gasteiger partial charge in [0.15, 0.2) is 0 Å². The van der Waals surface area contributed by atoms with E-state index in [9.17, 15) is 28.8 Å². The SMILES string of the molecule is CCCC(NC(=O)[C@@H]1[C@@H](CC)CCN1C(=O)[C@@H](NC(=O)[C@@H](NC(=O)c1cnccn1)C(c1ccccc1)c1ccccc1)C(C)C)C(=O)C(=O)NC1CC1. The summed E-state index contributed by atoms with van der Waals surface area (Å²) < 4.78 is 0. The molecule has 2 aliphatic rings. The molecule has 5 atom stereocenters. The normalized spacial score (nSPS) is 18.4. The minimum atomic E-state index is -1.19. The molecule has 1 unspecified atom stereocenters. The van der Waals surface area contributed by atoms with Gasteiger partial charge in [0.1, 0.15) is 23.8 Å². The van der Waals surface area contributed by atoms with E-state index in [1.165, 1.54) is 23.5 Å². The van der Waals surface area contributed by atoms with E-state index in [1.54, 1.807) is 13.8 Å². The number of carbonyl (C=O) groups excluding carboxylic acids is 6. The fraction of sp³-hybridized carbons (Fsp3) is 0.463. The van der Waals surface area contributed by atoms with E-state index >= 15 is 0 Å². The highest BCUT2D eigenvalue weighted by Gasteiger charge is 2.45. The monoisotopic (exact) mass is 737 g/mol. The van der Waals surface area contributed by atoms with Crippen LogP contribution in [0.3, 0.4) is 0 Å². The number of rotatable bonds is 17. The number of aromatic nitrogens is 2. The first-order valence-corrected chi connectivity index (χ1v) is 19.0. The molecule has 1 saturated heterocycles. The summed E-state index contributed by atoms with van der Waals surface area (Å²) in [6, 6.07) is 14.4. The van der Waals surface area contributed by atoms with Crippen LogP contribution < -0.4 is 21.3 Å². The van der Waals surface area contributed by atoms with Gasteiger partial charge in [-0.1, -0.05) is 101 Å². The summed E-state index contributed by atoms with van der Waals surface area (Å²) in [4.78, 5) is 92.2. The van der Waals surface area contributed by atoms with E-state index < -0.39 is 71.3 Å². The van der Waals surface area contributed by atoms with Crippen LogP contribution in [0.25, 0.3) is 0 Å². The van der Waals surface area contributed by atoms with Gasteiger partial charge in [-0.25, -0.2) is 4.98 Å². The van der Waals surface area contributed by atoms with E-state index in [1.807, 2.05) is 74.5 Å². The Morgan fingerprint density at radius 1 is 0.815 bits per heavy atom. The summed E-state index contributed by atoms with van der Waals surface area (Å²) in [6.07, 6.45) is 7.77. The number of nitrogens with zero attached hydrogens (tertiary/aromatic N) is 3. The molecule has 3 aromatic rings. The van der Waals surface area contributed by atoms with Crippen LogP contribution in [0.1, 0.15) is 93.8 Å². The maximum absolute atomic E-state index is 14.6. The molecule has 2 aromatic carbocycles. The maximum Gasteiger partial charge on any atom is 0.289 e. The Balaban J connectivity index is 1.42. The lowest BCUT2D eigenvalue weighted by Gasteiger charge is -2.34. The Labute approximate surface area is 316 Å². The number of ketones is 1. The first-order valence-electron chi connectivity index (χ1n) is 19.0. The van der Waals surface area contributed by atoms with Gasteiger partial charge in [0.05, 0.1) is 12.2 Å². The zero-order chi connectivity index (χ0) is 38.8. The second-order valence-corrected chi connectivity index (χ2v) is 14.5. The van der Waals surface area contributed by atoms with Crippen molar-refractivity contribution in [2.24, 2.45) is 11.8 Å². The minimum Gasteiger partial charge on any atom is -0.347 e. The average molecular weight is 738 g/mol. The van der Waals surface area contributed by atoms with Gasteiger partial charge in [-0.3, -0.25) is 33.8 Å². The van der Waals surface area contributed by atoms with Crippen LogP contribution in [-0.2, 0) is 24.0 Å². The van der Waals surface area contributed by atoms with Crippen molar-refractivity contribution in [3.63, 3.8) is 0 Å². The molecule has 1 aliphatic heterocycles. The fourth-order valence-electron chi connectivity index (χ4n) is 7.11. The molecule has 1 saturated carbocycles. The second kappa shape index (κ2) is 18.5. The zero-order valence-electron chi connectivity index (χ0n) is 31.4. The Morgan fingerprint density at radius 3 is 2.00 bits per heavy atom. The summed E-state index contributed by atoms with van der Waals surface area (Å²) in [5, 5.41) is 11.4. The van der Waals surface area contributed by atoms with Crippen LogP contribution in [0.5, 0.6) is 0 Å². The maximum atomic E-state index is 14.6. The quantitative estimate of drug-likeness (QED) is 0.152. The molecule has 5 amide bonds. The molecule has 4 N–H and O–H groups in total. The van der Waals surface area contributed by atoms with E-state index in [0.717, 1.165) is 24.0 Å². The number of likely N-dealkylation sites (tertiary alicyclic amines) is 1. The van der Waals surface area contributed by atoms with Gasteiger partial charge in [-0.15, -0.1) is 0 Å². The van der Waals surface area contributed by atoms with Crippen LogP contribution in [0.4, 0.5) is 0 Å². The van der Waals surface area contributed by atoms with Gasteiger partial charge in [0.2, 0.25) is 23.5 Å².